The van der Waals surface area contributed by atoms with Crippen molar-refractivity contribution >= 4 is 23.5 Å². The molecule has 1 spiro atoms. The molecule has 1 aromatic rings. The minimum Gasteiger partial charge on any atom is -0.323 e. The maximum Gasteiger partial charge on any atom is 0.325 e. The van der Waals surface area contributed by atoms with Gasteiger partial charge >= 0.3 is 6.03 Å². The predicted molar refractivity (Wildman–Crippen MR) is 97.8 cm³/mol. The van der Waals surface area contributed by atoms with Crippen molar-refractivity contribution in [3.63, 3.8) is 0 Å². The number of carbonyl (C=O) groups excluding carboxylic acids is 3. The van der Waals surface area contributed by atoms with E-state index in [0.717, 1.165) is 31.4 Å². The van der Waals surface area contributed by atoms with Gasteiger partial charge in [-0.05, 0) is 37.8 Å². The van der Waals surface area contributed by atoms with Crippen LogP contribution in [0.1, 0.15) is 51.0 Å². The van der Waals surface area contributed by atoms with Gasteiger partial charge in [-0.15, -0.1) is 0 Å². The summed E-state index contributed by atoms with van der Waals surface area (Å²) >= 11 is 0. The normalized spacial score (nSPS) is 24.1. The number of imide groups is 1. The molecule has 138 valence electrons. The maximum absolute atomic E-state index is 12.8. The summed E-state index contributed by atoms with van der Waals surface area (Å²) < 4.78 is 0. The molecule has 0 aromatic heterocycles. The number of nitrogens with one attached hydrogen (secondary N) is 1. The molecule has 1 atom stereocenters. The van der Waals surface area contributed by atoms with Crippen molar-refractivity contribution < 1.29 is 14.4 Å². The Balaban J connectivity index is 1.43. The number of amides is 4. The van der Waals surface area contributed by atoms with Crippen LogP contribution in [0, 0.1) is 0 Å². The van der Waals surface area contributed by atoms with E-state index >= 15 is 0 Å². The summed E-state index contributed by atoms with van der Waals surface area (Å²) in [6, 6.07) is 7.68. The average Bonchev–Trinajstić information content (AvgIpc) is 3.08. The molecule has 4 rings (SSSR count). The zero-order chi connectivity index (χ0) is 18.3. The van der Waals surface area contributed by atoms with Gasteiger partial charge in [0.25, 0.3) is 5.91 Å². The van der Waals surface area contributed by atoms with Crippen molar-refractivity contribution in [1.82, 2.24) is 10.2 Å². The number of rotatable bonds is 3. The molecule has 26 heavy (non-hydrogen) atoms. The smallest absolute Gasteiger partial charge is 0.323 e. The summed E-state index contributed by atoms with van der Waals surface area (Å²) in [6.07, 6.45) is 5.44. The van der Waals surface area contributed by atoms with E-state index in [1.54, 1.807) is 0 Å². The lowest BCUT2D eigenvalue weighted by Gasteiger charge is -2.30. The van der Waals surface area contributed by atoms with E-state index in [2.05, 4.69) is 5.32 Å². The largest absolute Gasteiger partial charge is 0.325 e. The Kier molecular flexibility index (Phi) is 4.21. The molecular weight excluding hydrogens is 330 g/mol. The Bertz CT molecular complexity index is 754. The first-order chi connectivity index (χ1) is 12.5. The van der Waals surface area contributed by atoms with Gasteiger partial charge in [0.2, 0.25) is 5.91 Å². The maximum atomic E-state index is 12.8. The molecule has 2 heterocycles. The van der Waals surface area contributed by atoms with Gasteiger partial charge in [0, 0.05) is 24.7 Å². The van der Waals surface area contributed by atoms with Crippen LogP contribution in [-0.2, 0) is 16.0 Å². The van der Waals surface area contributed by atoms with Crippen LogP contribution in [0.4, 0.5) is 10.5 Å². The first-order valence-electron chi connectivity index (χ1n) is 9.56. The van der Waals surface area contributed by atoms with Gasteiger partial charge in [-0.1, -0.05) is 37.5 Å². The van der Waals surface area contributed by atoms with Crippen LogP contribution >= 0.6 is 0 Å². The highest BCUT2D eigenvalue weighted by atomic mass is 16.2. The van der Waals surface area contributed by atoms with Gasteiger partial charge in [0.15, 0.2) is 0 Å². The lowest BCUT2D eigenvalue weighted by molar-refractivity contribution is -0.132. The summed E-state index contributed by atoms with van der Waals surface area (Å²) in [4.78, 5) is 41.0. The predicted octanol–water partition coefficient (Wildman–Crippen LogP) is 2.61. The second-order valence-corrected chi connectivity index (χ2v) is 7.73. The van der Waals surface area contributed by atoms with Crippen LogP contribution < -0.4 is 10.2 Å². The van der Waals surface area contributed by atoms with E-state index in [9.17, 15) is 14.4 Å². The lowest BCUT2D eigenvalue weighted by atomic mass is 9.82. The third kappa shape index (κ3) is 2.68. The quantitative estimate of drug-likeness (QED) is 0.848. The highest BCUT2D eigenvalue weighted by Crippen LogP contribution is 2.35. The fraction of sp³-hybridized carbons (Fsp3) is 0.550. The number of nitrogens with zero attached hydrogens (tertiary/aromatic N) is 2. The summed E-state index contributed by atoms with van der Waals surface area (Å²) in [7, 11) is 0. The average molecular weight is 355 g/mol. The Hall–Kier alpha value is -2.37. The van der Waals surface area contributed by atoms with Crippen molar-refractivity contribution in [2.75, 3.05) is 11.4 Å². The summed E-state index contributed by atoms with van der Waals surface area (Å²) in [5.74, 6) is -0.183. The van der Waals surface area contributed by atoms with Crippen LogP contribution in [0.3, 0.4) is 0 Å². The molecular formula is C20H25N3O3. The van der Waals surface area contributed by atoms with E-state index < -0.39 is 5.54 Å². The Morgan fingerprint density at radius 1 is 1.19 bits per heavy atom. The van der Waals surface area contributed by atoms with Crippen molar-refractivity contribution in [3.8, 4) is 0 Å². The second kappa shape index (κ2) is 6.41. The van der Waals surface area contributed by atoms with Gasteiger partial charge in [0.1, 0.15) is 5.54 Å². The first-order valence-corrected chi connectivity index (χ1v) is 9.56. The van der Waals surface area contributed by atoms with Crippen molar-refractivity contribution in [2.24, 2.45) is 0 Å². The Labute approximate surface area is 153 Å². The van der Waals surface area contributed by atoms with Crippen LogP contribution in [0.15, 0.2) is 24.3 Å². The third-order valence-corrected chi connectivity index (χ3v) is 5.98. The third-order valence-electron chi connectivity index (χ3n) is 5.98. The molecule has 0 radical (unpaired) electrons. The minimum absolute atomic E-state index is 0.0346. The fourth-order valence-electron chi connectivity index (χ4n) is 4.65. The summed E-state index contributed by atoms with van der Waals surface area (Å²) in [6.45, 7) is 2.18. The molecule has 1 N–H and O–H groups in total. The van der Waals surface area contributed by atoms with Gasteiger partial charge in [0.05, 0.1) is 0 Å². The van der Waals surface area contributed by atoms with Gasteiger partial charge in [-0.3, -0.25) is 14.5 Å². The number of para-hydroxylation sites is 1. The summed E-state index contributed by atoms with van der Waals surface area (Å²) in [5, 5.41) is 2.90. The Morgan fingerprint density at radius 3 is 2.69 bits per heavy atom. The standard InChI is InChI=1S/C20H25N3O3/c1-14-13-15-7-3-4-8-16(15)23(14)17(24)9-12-22-18(25)20(21-19(22)26)10-5-2-6-11-20/h3-4,7-8,14H,2,5-6,9-13H2,1H3,(H,21,26)/t14-/m0/s1. The number of hydrogen-bond donors (Lipinski definition) is 1. The van der Waals surface area contributed by atoms with Crippen LogP contribution in [0.25, 0.3) is 0 Å². The number of hydrogen-bond acceptors (Lipinski definition) is 3. The number of anilines is 1. The number of fused-ring (bicyclic) bond motifs is 1. The van der Waals surface area contributed by atoms with Crippen molar-refractivity contribution in [1.29, 1.82) is 0 Å². The van der Waals surface area contributed by atoms with Crippen molar-refractivity contribution in [3.05, 3.63) is 29.8 Å². The highest BCUT2D eigenvalue weighted by Gasteiger charge is 2.51. The molecule has 1 aliphatic carbocycles. The van der Waals surface area contributed by atoms with E-state index in [0.29, 0.717) is 12.8 Å². The number of urea groups is 1. The zero-order valence-electron chi connectivity index (χ0n) is 15.2. The van der Waals surface area contributed by atoms with E-state index in [4.69, 9.17) is 0 Å². The van der Waals surface area contributed by atoms with Crippen LogP contribution in [0.5, 0.6) is 0 Å². The molecule has 0 unspecified atom stereocenters. The molecule has 4 amide bonds. The van der Waals surface area contributed by atoms with Gasteiger partial charge in [-0.25, -0.2) is 4.79 Å². The van der Waals surface area contributed by atoms with E-state index in [1.165, 1.54) is 10.5 Å². The van der Waals surface area contributed by atoms with Crippen molar-refractivity contribution in [2.45, 2.75) is 63.5 Å². The van der Waals surface area contributed by atoms with E-state index in [1.807, 2.05) is 36.1 Å². The lowest BCUT2D eigenvalue weighted by Crippen LogP contribution is -2.48. The minimum atomic E-state index is -0.716. The zero-order valence-corrected chi connectivity index (χ0v) is 15.2. The first kappa shape index (κ1) is 17.1. The monoisotopic (exact) mass is 355 g/mol. The van der Waals surface area contributed by atoms with Crippen LogP contribution in [0.2, 0.25) is 0 Å². The molecule has 0 bridgehead atoms. The van der Waals surface area contributed by atoms with Crippen LogP contribution in [-0.4, -0.2) is 40.9 Å². The van der Waals surface area contributed by atoms with E-state index in [-0.39, 0.29) is 36.9 Å². The molecule has 2 fully saturated rings. The molecule has 1 saturated carbocycles. The summed E-state index contributed by atoms with van der Waals surface area (Å²) in [5.41, 5.74) is 1.40. The highest BCUT2D eigenvalue weighted by molar-refractivity contribution is 6.07. The number of carbonyl (C=O) groups is 3. The molecule has 6 heteroatoms. The number of benzene rings is 1. The molecule has 6 nitrogen and oxygen atoms in total. The molecule has 1 saturated heterocycles. The molecule has 3 aliphatic rings. The Morgan fingerprint density at radius 2 is 1.92 bits per heavy atom. The van der Waals surface area contributed by atoms with Gasteiger partial charge in [-0.2, -0.15) is 0 Å². The second-order valence-electron chi connectivity index (χ2n) is 7.73. The fourth-order valence-corrected chi connectivity index (χ4v) is 4.65. The van der Waals surface area contributed by atoms with Gasteiger partial charge < -0.3 is 10.2 Å². The topological polar surface area (TPSA) is 69.7 Å². The molecule has 2 aliphatic heterocycles. The molecule has 1 aromatic carbocycles. The SMILES string of the molecule is C[C@H]1Cc2ccccc2N1C(=O)CCN1C(=O)NC2(CCCCC2)C1=O.